The molecule has 0 fully saturated rings. The van der Waals surface area contributed by atoms with Crippen molar-refractivity contribution >= 4 is 11.9 Å². The number of carboxylic acids is 1. The van der Waals surface area contributed by atoms with Crippen molar-refractivity contribution in [3.05, 3.63) is 0 Å². The van der Waals surface area contributed by atoms with E-state index in [1.54, 1.807) is 34.6 Å². The third-order valence-electron chi connectivity index (χ3n) is 3.32. The van der Waals surface area contributed by atoms with Gasteiger partial charge in [-0.3, -0.25) is 9.59 Å². The lowest BCUT2D eigenvalue weighted by atomic mass is 9.76. The molecule has 0 aliphatic rings. The second-order valence-corrected chi connectivity index (χ2v) is 5.83. The molecule has 0 saturated heterocycles. The molecule has 102 valence electrons. The van der Waals surface area contributed by atoms with Crippen LogP contribution < -0.4 is 5.32 Å². The van der Waals surface area contributed by atoms with Crippen molar-refractivity contribution in [3.8, 4) is 6.07 Å². The Morgan fingerprint density at radius 3 is 2.17 bits per heavy atom. The average molecular weight is 254 g/mol. The van der Waals surface area contributed by atoms with Gasteiger partial charge in [0, 0.05) is 13.0 Å². The van der Waals surface area contributed by atoms with Crippen LogP contribution in [-0.2, 0) is 9.59 Å². The maximum atomic E-state index is 11.7. The maximum Gasteiger partial charge on any atom is 0.310 e. The molecule has 0 aliphatic carbocycles. The molecule has 5 heteroatoms. The van der Waals surface area contributed by atoms with Gasteiger partial charge in [-0.25, -0.2) is 0 Å². The largest absolute Gasteiger partial charge is 0.481 e. The minimum Gasteiger partial charge on any atom is -0.481 e. The zero-order valence-electron chi connectivity index (χ0n) is 11.7. The SMILES string of the molecule is CC(C)C(C)(CC(=O)NCC(C)(C)C#N)C(=O)O. The minimum atomic E-state index is -1.08. The summed E-state index contributed by atoms with van der Waals surface area (Å²) in [5.74, 6) is -1.46. The van der Waals surface area contributed by atoms with Gasteiger partial charge in [0.05, 0.1) is 16.9 Å². The number of nitrogens with zero attached hydrogens (tertiary/aromatic N) is 1. The molecular formula is C13H22N2O3. The van der Waals surface area contributed by atoms with Gasteiger partial charge in [-0.1, -0.05) is 13.8 Å². The van der Waals surface area contributed by atoms with Crippen molar-refractivity contribution in [2.45, 2.75) is 41.0 Å². The van der Waals surface area contributed by atoms with Gasteiger partial charge in [0.1, 0.15) is 0 Å². The molecule has 0 heterocycles. The molecule has 1 atom stereocenters. The van der Waals surface area contributed by atoms with E-state index in [-0.39, 0.29) is 24.8 Å². The molecule has 1 unspecified atom stereocenters. The van der Waals surface area contributed by atoms with E-state index in [2.05, 4.69) is 11.4 Å². The number of rotatable bonds is 6. The van der Waals surface area contributed by atoms with Crippen LogP contribution in [0.3, 0.4) is 0 Å². The highest BCUT2D eigenvalue weighted by molar-refractivity contribution is 5.84. The molecular weight excluding hydrogens is 232 g/mol. The van der Waals surface area contributed by atoms with Gasteiger partial charge in [-0.05, 0) is 26.7 Å². The fourth-order valence-electron chi connectivity index (χ4n) is 1.28. The standard InChI is InChI=1S/C13H22N2O3/c1-9(2)13(5,11(17)18)6-10(16)15-8-12(3,4)7-14/h9H,6,8H2,1-5H3,(H,15,16)(H,17,18). The number of hydrogen-bond donors (Lipinski definition) is 2. The van der Waals surface area contributed by atoms with Crippen LogP contribution >= 0.6 is 0 Å². The summed E-state index contributed by atoms with van der Waals surface area (Å²) in [4.78, 5) is 23.0. The first kappa shape index (κ1) is 16.4. The molecule has 0 aromatic carbocycles. The third-order valence-corrected chi connectivity index (χ3v) is 3.32. The molecule has 0 aromatic heterocycles. The fourth-order valence-corrected chi connectivity index (χ4v) is 1.28. The Bertz CT molecular complexity index is 369. The maximum absolute atomic E-state index is 11.7. The van der Waals surface area contributed by atoms with E-state index < -0.39 is 16.8 Å². The normalized spacial score (nSPS) is 14.7. The van der Waals surface area contributed by atoms with Gasteiger partial charge in [-0.2, -0.15) is 5.26 Å². The van der Waals surface area contributed by atoms with Crippen LogP contribution in [0.4, 0.5) is 0 Å². The molecule has 0 bridgehead atoms. The summed E-state index contributed by atoms with van der Waals surface area (Å²) in [5, 5.41) is 20.6. The lowest BCUT2D eigenvalue weighted by Gasteiger charge is -2.28. The smallest absolute Gasteiger partial charge is 0.310 e. The van der Waals surface area contributed by atoms with Gasteiger partial charge in [0.25, 0.3) is 0 Å². The van der Waals surface area contributed by atoms with E-state index in [1.807, 2.05) is 0 Å². The van der Waals surface area contributed by atoms with Crippen LogP contribution in [0, 0.1) is 28.1 Å². The highest BCUT2D eigenvalue weighted by Crippen LogP contribution is 2.31. The van der Waals surface area contributed by atoms with E-state index in [9.17, 15) is 14.7 Å². The second-order valence-electron chi connectivity index (χ2n) is 5.83. The lowest BCUT2D eigenvalue weighted by molar-refractivity contribution is -0.153. The van der Waals surface area contributed by atoms with Crippen molar-refractivity contribution in [1.29, 1.82) is 5.26 Å². The zero-order chi connectivity index (χ0) is 14.6. The first-order chi connectivity index (χ1) is 8.05. The van der Waals surface area contributed by atoms with Crippen LogP contribution in [0.1, 0.15) is 41.0 Å². The summed E-state index contributed by atoms with van der Waals surface area (Å²) in [6.07, 6.45) is -0.0818. The van der Waals surface area contributed by atoms with Crippen molar-refractivity contribution in [2.75, 3.05) is 6.54 Å². The van der Waals surface area contributed by atoms with Gasteiger partial charge in [0.15, 0.2) is 0 Å². The van der Waals surface area contributed by atoms with Crippen LogP contribution in [0.25, 0.3) is 0 Å². The van der Waals surface area contributed by atoms with E-state index in [0.717, 1.165) is 0 Å². The molecule has 2 N–H and O–H groups in total. The van der Waals surface area contributed by atoms with Gasteiger partial charge in [0.2, 0.25) is 5.91 Å². The number of nitrogens with one attached hydrogen (secondary N) is 1. The lowest BCUT2D eigenvalue weighted by Crippen LogP contribution is -2.41. The summed E-state index contributed by atoms with van der Waals surface area (Å²) in [5.41, 5.74) is -1.73. The summed E-state index contributed by atoms with van der Waals surface area (Å²) >= 11 is 0. The van der Waals surface area contributed by atoms with Crippen LogP contribution in [-0.4, -0.2) is 23.5 Å². The van der Waals surface area contributed by atoms with Gasteiger partial charge < -0.3 is 10.4 Å². The minimum absolute atomic E-state index is 0.0818. The third kappa shape index (κ3) is 4.36. The predicted octanol–water partition coefficient (Wildman–Crippen LogP) is 1.79. The quantitative estimate of drug-likeness (QED) is 0.756. The van der Waals surface area contributed by atoms with Crippen LogP contribution in [0.5, 0.6) is 0 Å². The topological polar surface area (TPSA) is 90.2 Å². The predicted molar refractivity (Wildman–Crippen MR) is 67.6 cm³/mol. The zero-order valence-corrected chi connectivity index (χ0v) is 11.7. The number of carboxylic acid groups (broad SMARTS) is 1. The first-order valence-electron chi connectivity index (χ1n) is 5.96. The Hall–Kier alpha value is -1.57. The number of carbonyl (C=O) groups is 2. The van der Waals surface area contributed by atoms with Crippen molar-refractivity contribution in [1.82, 2.24) is 5.32 Å². The molecule has 0 aliphatic heterocycles. The van der Waals surface area contributed by atoms with Gasteiger partial charge in [-0.15, -0.1) is 0 Å². The number of amides is 1. The fraction of sp³-hybridized carbons (Fsp3) is 0.769. The second kappa shape index (κ2) is 5.85. The molecule has 1 amide bonds. The van der Waals surface area contributed by atoms with E-state index in [1.165, 1.54) is 0 Å². The van der Waals surface area contributed by atoms with Crippen LogP contribution in [0.15, 0.2) is 0 Å². The summed E-state index contributed by atoms with van der Waals surface area (Å²) < 4.78 is 0. The van der Waals surface area contributed by atoms with Crippen LogP contribution in [0.2, 0.25) is 0 Å². The Balaban J connectivity index is 4.57. The first-order valence-corrected chi connectivity index (χ1v) is 5.96. The monoisotopic (exact) mass is 254 g/mol. The Morgan fingerprint density at radius 2 is 1.83 bits per heavy atom. The highest BCUT2D eigenvalue weighted by atomic mass is 16.4. The summed E-state index contributed by atoms with van der Waals surface area (Å²) in [7, 11) is 0. The van der Waals surface area contributed by atoms with Crippen molar-refractivity contribution in [2.24, 2.45) is 16.7 Å². The molecule has 0 aromatic rings. The molecule has 0 spiro atoms. The Labute approximate surface area is 108 Å². The van der Waals surface area contributed by atoms with Gasteiger partial charge >= 0.3 is 5.97 Å². The van der Waals surface area contributed by atoms with E-state index >= 15 is 0 Å². The summed E-state index contributed by atoms with van der Waals surface area (Å²) in [6.45, 7) is 8.77. The number of aliphatic carboxylic acids is 1. The molecule has 5 nitrogen and oxygen atoms in total. The molecule has 18 heavy (non-hydrogen) atoms. The molecule has 0 radical (unpaired) electrons. The molecule has 0 rings (SSSR count). The Kier molecular flexibility index (Phi) is 5.34. The number of hydrogen-bond acceptors (Lipinski definition) is 3. The van der Waals surface area contributed by atoms with E-state index in [4.69, 9.17) is 5.26 Å². The highest BCUT2D eigenvalue weighted by Gasteiger charge is 2.38. The number of nitriles is 1. The summed E-state index contributed by atoms with van der Waals surface area (Å²) in [6, 6.07) is 2.07. The van der Waals surface area contributed by atoms with E-state index in [0.29, 0.717) is 0 Å². The van der Waals surface area contributed by atoms with Crippen molar-refractivity contribution < 1.29 is 14.7 Å². The average Bonchev–Trinajstić information content (AvgIpc) is 2.26. The number of carbonyl (C=O) groups excluding carboxylic acids is 1. The Morgan fingerprint density at radius 1 is 1.33 bits per heavy atom. The molecule has 0 saturated carbocycles. The van der Waals surface area contributed by atoms with Crippen molar-refractivity contribution in [3.63, 3.8) is 0 Å².